The fourth-order valence-corrected chi connectivity index (χ4v) is 2.64. The zero-order valence-corrected chi connectivity index (χ0v) is 12.6. The molecule has 0 fully saturated rings. The number of benzene rings is 1. The SMILES string of the molecule is CCc1cc(CC)c(C(Cl)C(F)(F)C(F)F)c(CC)c1. The highest BCUT2D eigenvalue weighted by Crippen LogP contribution is 2.44. The van der Waals surface area contributed by atoms with Crippen LogP contribution in [0, 0.1) is 0 Å². The lowest BCUT2D eigenvalue weighted by molar-refractivity contribution is -0.130. The lowest BCUT2D eigenvalue weighted by Gasteiger charge is -2.26. The van der Waals surface area contributed by atoms with E-state index in [4.69, 9.17) is 11.6 Å². The first-order chi connectivity index (χ1) is 9.29. The average molecular weight is 311 g/mol. The number of rotatable bonds is 6. The van der Waals surface area contributed by atoms with Gasteiger partial charge in [-0.1, -0.05) is 32.9 Å². The number of hydrogen-bond donors (Lipinski definition) is 0. The molecule has 114 valence electrons. The van der Waals surface area contributed by atoms with Crippen LogP contribution < -0.4 is 0 Å². The van der Waals surface area contributed by atoms with Crippen molar-refractivity contribution in [3.05, 3.63) is 34.4 Å². The van der Waals surface area contributed by atoms with E-state index in [-0.39, 0.29) is 5.56 Å². The minimum absolute atomic E-state index is 0.166. The zero-order chi connectivity index (χ0) is 15.5. The maximum Gasteiger partial charge on any atom is 0.327 e. The van der Waals surface area contributed by atoms with Gasteiger partial charge in [0.2, 0.25) is 0 Å². The fraction of sp³-hybridized carbons (Fsp3) is 0.600. The molecule has 1 aromatic carbocycles. The third-order valence-electron chi connectivity index (χ3n) is 3.46. The van der Waals surface area contributed by atoms with Crippen molar-refractivity contribution in [3.8, 4) is 0 Å². The van der Waals surface area contributed by atoms with E-state index in [0.717, 1.165) is 12.0 Å². The number of hydrogen-bond acceptors (Lipinski definition) is 0. The molecule has 1 unspecified atom stereocenters. The second-order valence-corrected chi connectivity index (χ2v) is 5.16. The molecule has 0 aromatic heterocycles. The van der Waals surface area contributed by atoms with E-state index >= 15 is 0 Å². The summed E-state index contributed by atoms with van der Waals surface area (Å²) >= 11 is 5.73. The van der Waals surface area contributed by atoms with Crippen molar-refractivity contribution in [3.63, 3.8) is 0 Å². The highest BCUT2D eigenvalue weighted by molar-refractivity contribution is 6.21. The molecule has 0 aliphatic rings. The molecule has 0 radical (unpaired) electrons. The Morgan fingerprint density at radius 3 is 1.75 bits per heavy atom. The third kappa shape index (κ3) is 3.27. The monoisotopic (exact) mass is 310 g/mol. The van der Waals surface area contributed by atoms with Gasteiger partial charge in [0, 0.05) is 0 Å². The van der Waals surface area contributed by atoms with Crippen LogP contribution in [0.2, 0.25) is 0 Å². The zero-order valence-electron chi connectivity index (χ0n) is 11.8. The van der Waals surface area contributed by atoms with E-state index in [1.54, 1.807) is 12.1 Å². The highest BCUT2D eigenvalue weighted by Gasteiger charge is 2.49. The highest BCUT2D eigenvalue weighted by atomic mass is 35.5. The van der Waals surface area contributed by atoms with Crippen molar-refractivity contribution in [1.29, 1.82) is 0 Å². The second-order valence-electron chi connectivity index (χ2n) is 4.73. The molecule has 5 heteroatoms. The molecule has 0 bridgehead atoms. The Kier molecular flexibility index (Phi) is 5.87. The molecule has 0 N–H and O–H groups in total. The van der Waals surface area contributed by atoms with Gasteiger partial charge in [-0.15, -0.1) is 11.6 Å². The molecule has 1 aromatic rings. The summed E-state index contributed by atoms with van der Waals surface area (Å²) in [6.45, 7) is 5.57. The average Bonchev–Trinajstić information content (AvgIpc) is 2.44. The van der Waals surface area contributed by atoms with Crippen molar-refractivity contribution in [2.24, 2.45) is 0 Å². The van der Waals surface area contributed by atoms with Crippen LogP contribution in [0.5, 0.6) is 0 Å². The summed E-state index contributed by atoms with van der Waals surface area (Å²) < 4.78 is 52.2. The quantitative estimate of drug-likeness (QED) is 0.477. The Morgan fingerprint density at radius 1 is 1.00 bits per heavy atom. The summed E-state index contributed by atoms with van der Waals surface area (Å²) in [5, 5.41) is -2.00. The molecular formula is C15H19ClF4. The number of alkyl halides is 5. The molecule has 0 heterocycles. The molecule has 0 amide bonds. The van der Waals surface area contributed by atoms with Crippen LogP contribution in [-0.2, 0) is 19.3 Å². The smallest absolute Gasteiger partial charge is 0.204 e. The summed E-state index contributed by atoms with van der Waals surface area (Å²) in [6.07, 6.45) is -2.04. The van der Waals surface area contributed by atoms with Crippen molar-refractivity contribution >= 4 is 11.6 Å². The van der Waals surface area contributed by atoms with Crippen molar-refractivity contribution in [2.45, 2.75) is 57.8 Å². The van der Waals surface area contributed by atoms with Gasteiger partial charge in [0.05, 0.1) is 0 Å². The molecule has 0 nitrogen and oxygen atoms in total. The Hall–Kier alpha value is -0.770. The summed E-state index contributed by atoms with van der Waals surface area (Å²) in [4.78, 5) is 0. The fourth-order valence-electron chi connectivity index (χ4n) is 2.27. The summed E-state index contributed by atoms with van der Waals surface area (Å²) in [7, 11) is 0. The predicted octanol–water partition coefficient (Wildman–Crippen LogP) is 5.55. The Labute approximate surface area is 122 Å². The molecule has 0 saturated carbocycles. The van der Waals surface area contributed by atoms with Crippen molar-refractivity contribution in [2.75, 3.05) is 0 Å². The van der Waals surface area contributed by atoms with E-state index in [1.165, 1.54) is 0 Å². The Bertz CT molecular complexity index is 432. The van der Waals surface area contributed by atoms with Gasteiger partial charge in [0.15, 0.2) is 0 Å². The van der Waals surface area contributed by atoms with Gasteiger partial charge in [-0.2, -0.15) is 8.78 Å². The van der Waals surface area contributed by atoms with Crippen molar-refractivity contribution in [1.82, 2.24) is 0 Å². The van der Waals surface area contributed by atoms with Crippen LogP contribution in [0.3, 0.4) is 0 Å². The van der Waals surface area contributed by atoms with Crippen LogP contribution >= 0.6 is 11.6 Å². The van der Waals surface area contributed by atoms with E-state index in [9.17, 15) is 17.6 Å². The normalized spacial score (nSPS) is 13.8. The van der Waals surface area contributed by atoms with E-state index < -0.39 is 17.7 Å². The molecule has 1 rings (SSSR count). The Morgan fingerprint density at radius 2 is 1.45 bits per heavy atom. The van der Waals surface area contributed by atoms with Gasteiger partial charge in [0.25, 0.3) is 0 Å². The topological polar surface area (TPSA) is 0 Å². The lowest BCUT2D eigenvalue weighted by Crippen LogP contribution is -2.32. The largest absolute Gasteiger partial charge is 0.327 e. The minimum Gasteiger partial charge on any atom is -0.204 e. The maximum atomic E-state index is 13.6. The van der Waals surface area contributed by atoms with E-state index in [2.05, 4.69) is 0 Å². The van der Waals surface area contributed by atoms with Gasteiger partial charge in [-0.05, 0) is 41.5 Å². The predicted molar refractivity (Wildman–Crippen MR) is 74.1 cm³/mol. The van der Waals surface area contributed by atoms with Crippen LogP contribution in [0.1, 0.15) is 48.4 Å². The summed E-state index contributed by atoms with van der Waals surface area (Å²) in [5.74, 6) is -4.23. The Balaban J connectivity index is 3.42. The molecule has 20 heavy (non-hydrogen) atoms. The molecule has 0 aliphatic heterocycles. The third-order valence-corrected chi connectivity index (χ3v) is 3.97. The summed E-state index contributed by atoms with van der Waals surface area (Å²) in [5.41, 5.74) is 2.42. The van der Waals surface area contributed by atoms with Gasteiger partial charge in [-0.25, -0.2) is 8.78 Å². The van der Waals surface area contributed by atoms with Gasteiger partial charge in [0.1, 0.15) is 5.38 Å². The van der Waals surface area contributed by atoms with E-state index in [1.807, 2.05) is 20.8 Å². The standard InChI is InChI=1S/C15H19ClF4/c1-4-9-7-10(5-2)12(11(6-3)8-9)13(16)15(19,20)14(17)18/h7-8,13-14H,4-6H2,1-3H3. The molecule has 0 saturated heterocycles. The summed E-state index contributed by atoms with van der Waals surface area (Å²) in [6, 6.07) is 3.57. The lowest BCUT2D eigenvalue weighted by atomic mass is 9.90. The number of aryl methyl sites for hydroxylation is 3. The first-order valence-corrected chi connectivity index (χ1v) is 7.17. The molecule has 1 atom stereocenters. The molecule has 0 spiro atoms. The first-order valence-electron chi connectivity index (χ1n) is 6.74. The second kappa shape index (κ2) is 6.79. The van der Waals surface area contributed by atoms with Crippen LogP contribution in [-0.4, -0.2) is 12.3 Å². The van der Waals surface area contributed by atoms with Crippen LogP contribution in [0.25, 0.3) is 0 Å². The maximum absolute atomic E-state index is 13.6. The number of halogens is 5. The van der Waals surface area contributed by atoms with Gasteiger partial charge >= 0.3 is 12.3 Å². The van der Waals surface area contributed by atoms with Crippen LogP contribution in [0.4, 0.5) is 17.6 Å². The minimum atomic E-state index is -4.23. The van der Waals surface area contributed by atoms with Crippen LogP contribution in [0.15, 0.2) is 12.1 Å². The molecule has 0 aliphatic carbocycles. The first kappa shape index (κ1) is 17.3. The van der Waals surface area contributed by atoms with Gasteiger partial charge < -0.3 is 0 Å². The van der Waals surface area contributed by atoms with E-state index in [0.29, 0.717) is 24.0 Å². The van der Waals surface area contributed by atoms with Gasteiger partial charge in [-0.3, -0.25) is 0 Å². The molecular weight excluding hydrogens is 292 g/mol. The van der Waals surface area contributed by atoms with Crippen molar-refractivity contribution < 1.29 is 17.6 Å².